The molecule has 6 heteroatoms. The molecule has 78 heavy (non-hydrogen) atoms. The number of hydrogen-bond acceptors (Lipinski definition) is 6. The summed E-state index contributed by atoms with van der Waals surface area (Å²) < 4.78 is 17.0. The van der Waals surface area contributed by atoms with Gasteiger partial charge in [-0.15, -0.1) is 0 Å². The zero-order valence-corrected chi connectivity index (χ0v) is 52.2. The summed E-state index contributed by atoms with van der Waals surface area (Å²) in [5.41, 5.74) is 0. The van der Waals surface area contributed by atoms with Crippen LogP contribution in [0, 0.1) is 0 Å². The van der Waals surface area contributed by atoms with Gasteiger partial charge in [-0.25, -0.2) is 0 Å². The summed E-state index contributed by atoms with van der Waals surface area (Å²) in [6, 6.07) is 0. The zero-order chi connectivity index (χ0) is 56.4. The van der Waals surface area contributed by atoms with Crippen molar-refractivity contribution in [2.75, 3.05) is 13.2 Å². The molecule has 1 atom stereocenters. The monoisotopic (exact) mass is 1090 g/mol. The van der Waals surface area contributed by atoms with Crippen molar-refractivity contribution in [1.82, 2.24) is 0 Å². The van der Waals surface area contributed by atoms with E-state index in [1.165, 1.54) is 238 Å². The molecule has 0 aromatic heterocycles. The third-order valence-corrected chi connectivity index (χ3v) is 15.2. The van der Waals surface area contributed by atoms with Crippen LogP contribution in [-0.4, -0.2) is 37.2 Å². The predicted octanol–water partition coefficient (Wildman–Crippen LogP) is 23.5. The van der Waals surface area contributed by atoms with Gasteiger partial charge in [-0.2, -0.15) is 0 Å². The van der Waals surface area contributed by atoms with Crippen LogP contribution in [0.1, 0.15) is 361 Å². The standard InChI is InChI=1S/C72H130O6/c1-4-7-10-13-16-19-22-25-28-31-32-33-34-35-36-37-38-39-40-42-44-47-50-53-56-59-62-65-71(74)77-68-69(67-76-70(73)64-61-58-55-52-49-46-43-30-27-24-21-18-15-12-9-6-3)78-72(75)66-63-60-57-54-51-48-45-41-29-26-23-20-17-14-11-8-5-2/h21-22,24-26,29-32,43,69H,4-20,23,27-28,33-42,44-68H2,1-3H3/b24-21-,25-22-,29-26-,32-31-,43-30-. The van der Waals surface area contributed by atoms with Crippen LogP contribution >= 0.6 is 0 Å². The summed E-state index contributed by atoms with van der Waals surface area (Å²) in [6.07, 6.45) is 85.2. The summed E-state index contributed by atoms with van der Waals surface area (Å²) >= 11 is 0. The van der Waals surface area contributed by atoms with E-state index in [-0.39, 0.29) is 31.1 Å². The SMILES string of the molecule is CCCCCC/C=C\C/C=C\CCCCCCCC(=O)OCC(COC(=O)CCCCCCCCCCCCCCCCC/C=C\C/C=C\CCCCCCC)OC(=O)CCCCCCCCC/C=C\CCCCCCCC. The van der Waals surface area contributed by atoms with Crippen molar-refractivity contribution >= 4 is 17.9 Å². The Morgan fingerprint density at radius 3 is 0.731 bits per heavy atom. The number of esters is 3. The molecule has 0 saturated heterocycles. The van der Waals surface area contributed by atoms with E-state index in [0.29, 0.717) is 19.3 Å². The Labute approximate surface area is 485 Å². The van der Waals surface area contributed by atoms with Gasteiger partial charge in [-0.1, -0.05) is 293 Å². The lowest BCUT2D eigenvalue weighted by atomic mass is 10.0. The smallest absolute Gasteiger partial charge is 0.306 e. The molecule has 0 aliphatic rings. The summed E-state index contributed by atoms with van der Waals surface area (Å²) in [4.78, 5) is 38.4. The first-order valence-corrected chi connectivity index (χ1v) is 34.3. The number of unbranched alkanes of at least 4 members (excludes halogenated alkanes) is 42. The molecule has 0 aromatic rings. The van der Waals surface area contributed by atoms with Crippen LogP contribution in [0.4, 0.5) is 0 Å². The summed E-state index contributed by atoms with van der Waals surface area (Å²) in [5.74, 6) is -0.876. The van der Waals surface area contributed by atoms with Crippen LogP contribution in [0.25, 0.3) is 0 Å². The molecule has 0 radical (unpaired) electrons. The lowest BCUT2D eigenvalue weighted by Gasteiger charge is -2.18. The first kappa shape index (κ1) is 75.1. The highest BCUT2D eigenvalue weighted by Gasteiger charge is 2.19. The van der Waals surface area contributed by atoms with E-state index in [1.54, 1.807) is 0 Å². The summed E-state index contributed by atoms with van der Waals surface area (Å²) in [5, 5.41) is 0. The van der Waals surface area contributed by atoms with Crippen LogP contribution in [0.15, 0.2) is 60.8 Å². The van der Waals surface area contributed by atoms with E-state index >= 15 is 0 Å². The maximum absolute atomic E-state index is 12.9. The van der Waals surface area contributed by atoms with Gasteiger partial charge in [-0.05, 0) is 109 Å². The van der Waals surface area contributed by atoms with Crippen molar-refractivity contribution in [3.63, 3.8) is 0 Å². The number of hydrogen-bond donors (Lipinski definition) is 0. The Balaban J connectivity index is 4.28. The first-order valence-electron chi connectivity index (χ1n) is 34.3. The van der Waals surface area contributed by atoms with Gasteiger partial charge in [0.2, 0.25) is 0 Å². The fraction of sp³-hybridized carbons (Fsp3) is 0.819. The van der Waals surface area contributed by atoms with Gasteiger partial charge in [-0.3, -0.25) is 14.4 Å². The highest BCUT2D eigenvalue weighted by molar-refractivity contribution is 5.71. The molecule has 454 valence electrons. The van der Waals surface area contributed by atoms with E-state index < -0.39 is 6.10 Å². The number of rotatable bonds is 63. The fourth-order valence-electron chi connectivity index (χ4n) is 10.0. The second-order valence-electron chi connectivity index (χ2n) is 23.1. The third kappa shape index (κ3) is 63.9. The van der Waals surface area contributed by atoms with Gasteiger partial charge in [0, 0.05) is 19.3 Å². The zero-order valence-electron chi connectivity index (χ0n) is 52.2. The molecule has 0 fully saturated rings. The Hall–Kier alpha value is -2.89. The number of ether oxygens (including phenoxy) is 3. The van der Waals surface area contributed by atoms with Crippen LogP contribution in [0.5, 0.6) is 0 Å². The lowest BCUT2D eigenvalue weighted by Crippen LogP contribution is -2.30. The molecule has 6 nitrogen and oxygen atoms in total. The normalized spacial score (nSPS) is 12.4. The lowest BCUT2D eigenvalue weighted by molar-refractivity contribution is -0.167. The second-order valence-corrected chi connectivity index (χ2v) is 23.1. The first-order chi connectivity index (χ1) is 38.5. The Morgan fingerprint density at radius 1 is 0.256 bits per heavy atom. The quantitative estimate of drug-likeness (QED) is 0.0261. The van der Waals surface area contributed by atoms with Gasteiger partial charge in [0.05, 0.1) is 0 Å². The van der Waals surface area contributed by atoms with Crippen molar-refractivity contribution in [2.24, 2.45) is 0 Å². The molecular weight excluding hydrogens is 961 g/mol. The van der Waals surface area contributed by atoms with Crippen LogP contribution < -0.4 is 0 Å². The van der Waals surface area contributed by atoms with Crippen molar-refractivity contribution < 1.29 is 28.6 Å². The molecule has 0 aromatic carbocycles. The van der Waals surface area contributed by atoms with E-state index in [2.05, 4.69) is 81.5 Å². The maximum atomic E-state index is 12.9. The minimum Gasteiger partial charge on any atom is -0.462 e. The van der Waals surface area contributed by atoms with Crippen molar-refractivity contribution in [3.8, 4) is 0 Å². The van der Waals surface area contributed by atoms with Gasteiger partial charge in [0.1, 0.15) is 13.2 Å². The number of allylic oxidation sites excluding steroid dienone is 10. The van der Waals surface area contributed by atoms with Crippen LogP contribution in [0.3, 0.4) is 0 Å². The highest BCUT2D eigenvalue weighted by atomic mass is 16.6. The van der Waals surface area contributed by atoms with Gasteiger partial charge < -0.3 is 14.2 Å². The minimum absolute atomic E-state index is 0.0779. The van der Waals surface area contributed by atoms with E-state index in [4.69, 9.17) is 14.2 Å². The highest BCUT2D eigenvalue weighted by Crippen LogP contribution is 2.17. The van der Waals surface area contributed by atoms with Crippen molar-refractivity contribution in [3.05, 3.63) is 60.8 Å². The predicted molar refractivity (Wildman–Crippen MR) is 339 cm³/mol. The van der Waals surface area contributed by atoms with Crippen LogP contribution in [0.2, 0.25) is 0 Å². The maximum Gasteiger partial charge on any atom is 0.306 e. The van der Waals surface area contributed by atoms with Gasteiger partial charge in [0.25, 0.3) is 0 Å². The molecule has 0 amide bonds. The van der Waals surface area contributed by atoms with E-state index in [9.17, 15) is 14.4 Å². The number of carbonyl (C=O) groups excluding carboxylic acids is 3. The molecule has 0 spiro atoms. The third-order valence-electron chi connectivity index (χ3n) is 15.2. The van der Waals surface area contributed by atoms with Gasteiger partial charge >= 0.3 is 17.9 Å². The minimum atomic E-state index is -0.783. The molecule has 0 bridgehead atoms. The van der Waals surface area contributed by atoms with Crippen molar-refractivity contribution in [2.45, 2.75) is 367 Å². The number of carbonyl (C=O) groups is 3. The van der Waals surface area contributed by atoms with Crippen molar-refractivity contribution in [1.29, 1.82) is 0 Å². The Morgan fingerprint density at radius 2 is 0.462 bits per heavy atom. The van der Waals surface area contributed by atoms with Gasteiger partial charge in [0.15, 0.2) is 6.10 Å². The Bertz CT molecular complexity index is 1390. The summed E-state index contributed by atoms with van der Waals surface area (Å²) in [7, 11) is 0. The molecule has 0 N–H and O–H groups in total. The molecule has 0 aliphatic carbocycles. The molecule has 0 rings (SSSR count). The fourth-order valence-corrected chi connectivity index (χ4v) is 10.0. The Kier molecular flexibility index (Phi) is 64.2. The molecular formula is C72H130O6. The molecule has 1 unspecified atom stereocenters. The molecule has 0 heterocycles. The van der Waals surface area contributed by atoms with E-state index in [1.807, 2.05) is 0 Å². The summed E-state index contributed by atoms with van der Waals surface area (Å²) in [6.45, 7) is 6.64. The van der Waals surface area contributed by atoms with Crippen LogP contribution in [-0.2, 0) is 28.6 Å². The van der Waals surface area contributed by atoms with E-state index in [0.717, 1.165) is 83.5 Å². The largest absolute Gasteiger partial charge is 0.462 e. The molecule has 0 saturated carbocycles. The topological polar surface area (TPSA) is 78.9 Å². The average Bonchev–Trinajstić information content (AvgIpc) is 3.44. The average molecular weight is 1090 g/mol. The second kappa shape index (κ2) is 66.6. The molecule has 0 aliphatic heterocycles.